The molecule has 7 nitrogen and oxygen atoms in total. The van der Waals surface area contributed by atoms with Crippen LogP contribution in [0.4, 0.5) is 0 Å². The molecule has 2 heterocycles. The molecule has 0 radical (unpaired) electrons. The van der Waals surface area contributed by atoms with E-state index >= 15 is 0 Å². The lowest BCUT2D eigenvalue weighted by molar-refractivity contribution is -0.138. The average Bonchev–Trinajstić information content (AvgIpc) is 2.55. The van der Waals surface area contributed by atoms with Gasteiger partial charge in [0, 0.05) is 58.5 Å². The Morgan fingerprint density at radius 1 is 1.22 bits per heavy atom. The van der Waals surface area contributed by atoms with Gasteiger partial charge >= 0.3 is 0 Å². The largest absolute Gasteiger partial charge is 0.351 e. The van der Waals surface area contributed by atoms with Crippen molar-refractivity contribution >= 4 is 29.3 Å². The fraction of sp³-hybridized carbons (Fsp3) is 0.467. The Bertz CT molecular complexity index is 600. The number of pyridine rings is 1. The molecule has 1 aromatic rings. The number of nitrogens with one attached hydrogen (secondary N) is 1. The predicted molar refractivity (Wildman–Crippen MR) is 85.0 cm³/mol. The summed E-state index contributed by atoms with van der Waals surface area (Å²) in [5.41, 5.74) is 0.337. The van der Waals surface area contributed by atoms with E-state index in [9.17, 15) is 14.4 Å². The van der Waals surface area contributed by atoms with Crippen molar-refractivity contribution in [3.8, 4) is 0 Å². The Morgan fingerprint density at radius 3 is 2.48 bits per heavy atom. The lowest BCUT2D eigenvalue weighted by Crippen LogP contribution is -2.50. The van der Waals surface area contributed by atoms with E-state index in [4.69, 9.17) is 11.6 Å². The van der Waals surface area contributed by atoms with Crippen molar-refractivity contribution in [1.82, 2.24) is 20.1 Å². The van der Waals surface area contributed by atoms with Crippen molar-refractivity contribution in [2.24, 2.45) is 0 Å². The number of halogens is 1. The lowest BCUT2D eigenvalue weighted by Gasteiger charge is -2.34. The van der Waals surface area contributed by atoms with Crippen LogP contribution in [0.25, 0.3) is 0 Å². The zero-order valence-electron chi connectivity index (χ0n) is 12.9. The molecule has 1 aliphatic heterocycles. The summed E-state index contributed by atoms with van der Waals surface area (Å²) in [7, 11) is 0. The standard InChI is InChI=1S/C15H19ClN4O3/c1-11(21)19-6-8-20(9-7-19)14(22)3-5-18-15(23)12-2-4-17-10-13(12)16/h2,4,10H,3,5-9H2,1H3,(H,18,23). The molecule has 23 heavy (non-hydrogen) atoms. The van der Waals surface area contributed by atoms with Crippen molar-refractivity contribution in [3.05, 3.63) is 29.0 Å². The molecule has 1 aromatic heterocycles. The summed E-state index contributed by atoms with van der Waals surface area (Å²) in [6, 6.07) is 1.53. The Morgan fingerprint density at radius 2 is 1.87 bits per heavy atom. The highest BCUT2D eigenvalue weighted by Crippen LogP contribution is 2.12. The summed E-state index contributed by atoms with van der Waals surface area (Å²) < 4.78 is 0. The molecule has 0 atom stereocenters. The molecule has 0 aliphatic carbocycles. The minimum atomic E-state index is -0.327. The van der Waals surface area contributed by atoms with Crippen LogP contribution in [0.2, 0.25) is 5.02 Å². The van der Waals surface area contributed by atoms with Gasteiger partial charge in [0.25, 0.3) is 5.91 Å². The van der Waals surface area contributed by atoms with E-state index in [0.29, 0.717) is 31.7 Å². The first-order chi connectivity index (χ1) is 11.0. The second-order valence-electron chi connectivity index (χ2n) is 5.25. The van der Waals surface area contributed by atoms with Crippen LogP contribution in [0.15, 0.2) is 18.5 Å². The fourth-order valence-electron chi connectivity index (χ4n) is 2.37. The number of amides is 3. The minimum absolute atomic E-state index is 0.0265. The van der Waals surface area contributed by atoms with Gasteiger partial charge in [-0.3, -0.25) is 19.4 Å². The van der Waals surface area contributed by atoms with Crippen molar-refractivity contribution in [1.29, 1.82) is 0 Å². The number of hydrogen-bond donors (Lipinski definition) is 1. The normalized spacial score (nSPS) is 14.5. The molecule has 0 bridgehead atoms. The second kappa shape index (κ2) is 7.92. The third kappa shape index (κ3) is 4.66. The molecule has 1 fully saturated rings. The molecule has 124 valence electrons. The fourth-order valence-corrected chi connectivity index (χ4v) is 2.57. The molecule has 0 saturated carbocycles. The number of hydrogen-bond acceptors (Lipinski definition) is 4. The zero-order chi connectivity index (χ0) is 16.8. The highest BCUT2D eigenvalue weighted by molar-refractivity contribution is 6.33. The third-order valence-corrected chi connectivity index (χ3v) is 4.02. The molecule has 0 spiro atoms. The number of aromatic nitrogens is 1. The third-order valence-electron chi connectivity index (χ3n) is 3.72. The Balaban J connectivity index is 1.74. The van der Waals surface area contributed by atoms with E-state index < -0.39 is 0 Å². The Labute approximate surface area is 139 Å². The molecule has 0 aromatic carbocycles. The maximum atomic E-state index is 12.1. The van der Waals surface area contributed by atoms with E-state index in [1.165, 1.54) is 25.4 Å². The van der Waals surface area contributed by atoms with Crippen LogP contribution < -0.4 is 5.32 Å². The molecular formula is C15H19ClN4O3. The molecule has 2 rings (SSSR count). The van der Waals surface area contributed by atoms with Gasteiger partial charge in [0.15, 0.2) is 0 Å². The quantitative estimate of drug-likeness (QED) is 0.869. The molecule has 8 heteroatoms. The number of carbonyl (C=O) groups is 3. The van der Waals surface area contributed by atoms with Crippen LogP contribution in [0.1, 0.15) is 23.7 Å². The van der Waals surface area contributed by atoms with Gasteiger partial charge in [-0.15, -0.1) is 0 Å². The summed E-state index contributed by atoms with van der Waals surface area (Å²) in [6.07, 6.45) is 3.10. The smallest absolute Gasteiger partial charge is 0.252 e. The van der Waals surface area contributed by atoms with Crippen LogP contribution in [-0.4, -0.2) is 65.2 Å². The SMILES string of the molecule is CC(=O)N1CCN(C(=O)CCNC(=O)c2ccncc2Cl)CC1. The number of piperazine rings is 1. The minimum Gasteiger partial charge on any atom is -0.351 e. The van der Waals surface area contributed by atoms with E-state index in [-0.39, 0.29) is 35.7 Å². The van der Waals surface area contributed by atoms with Crippen molar-refractivity contribution in [2.75, 3.05) is 32.7 Å². The van der Waals surface area contributed by atoms with Crippen LogP contribution in [0.5, 0.6) is 0 Å². The van der Waals surface area contributed by atoms with Gasteiger partial charge in [0.05, 0.1) is 10.6 Å². The van der Waals surface area contributed by atoms with Gasteiger partial charge in [0.1, 0.15) is 0 Å². The van der Waals surface area contributed by atoms with E-state index in [1.54, 1.807) is 9.80 Å². The summed E-state index contributed by atoms with van der Waals surface area (Å²) in [5.74, 6) is -0.334. The van der Waals surface area contributed by atoms with Crippen LogP contribution in [0.3, 0.4) is 0 Å². The van der Waals surface area contributed by atoms with Gasteiger partial charge in [-0.1, -0.05) is 11.6 Å². The van der Waals surface area contributed by atoms with Gasteiger partial charge in [0.2, 0.25) is 11.8 Å². The van der Waals surface area contributed by atoms with Gasteiger partial charge in [-0.2, -0.15) is 0 Å². The van der Waals surface area contributed by atoms with Gasteiger partial charge in [-0.25, -0.2) is 0 Å². The second-order valence-corrected chi connectivity index (χ2v) is 5.66. The van der Waals surface area contributed by atoms with Crippen LogP contribution in [-0.2, 0) is 9.59 Å². The maximum Gasteiger partial charge on any atom is 0.252 e. The first kappa shape index (κ1) is 17.2. The number of carbonyl (C=O) groups excluding carboxylic acids is 3. The summed E-state index contributed by atoms with van der Waals surface area (Å²) in [5, 5.41) is 2.95. The van der Waals surface area contributed by atoms with E-state index in [0.717, 1.165) is 0 Å². The number of rotatable bonds is 4. The van der Waals surface area contributed by atoms with E-state index in [1.807, 2.05) is 0 Å². The first-order valence-electron chi connectivity index (χ1n) is 7.40. The van der Waals surface area contributed by atoms with E-state index in [2.05, 4.69) is 10.3 Å². The highest BCUT2D eigenvalue weighted by atomic mass is 35.5. The molecule has 1 N–H and O–H groups in total. The van der Waals surface area contributed by atoms with Crippen molar-refractivity contribution < 1.29 is 14.4 Å². The first-order valence-corrected chi connectivity index (χ1v) is 7.78. The topological polar surface area (TPSA) is 82.6 Å². The maximum absolute atomic E-state index is 12.1. The molecule has 1 saturated heterocycles. The summed E-state index contributed by atoms with van der Waals surface area (Å²) in [4.78, 5) is 42.5. The lowest BCUT2D eigenvalue weighted by atomic mass is 10.2. The Hall–Kier alpha value is -2.15. The van der Waals surface area contributed by atoms with Crippen LogP contribution >= 0.6 is 11.6 Å². The molecule has 0 unspecified atom stereocenters. The highest BCUT2D eigenvalue weighted by Gasteiger charge is 2.22. The molecule has 1 aliphatic rings. The summed E-state index contributed by atoms with van der Waals surface area (Å²) in [6.45, 7) is 3.94. The van der Waals surface area contributed by atoms with Crippen molar-refractivity contribution in [3.63, 3.8) is 0 Å². The number of nitrogens with zero attached hydrogens (tertiary/aromatic N) is 3. The van der Waals surface area contributed by atoms with Crippen molar-refractivity contribution in [2.45, 2.75) is 13.3 Å². The molecule has 3 amide bonds. The van der Waals surface area contributed by atoms with Gasteiger partial charge < -0.3 is 15.1 Å². The monoisotopic (exact) mass is 338 g/mol. The van der Waals surface area contributed by atoms with Gasteiger partial charge in [-0.05, 0) is 6.07 Å². The van der Waals surface area contributed by atoms with Crippen LogP contribution in [0, 0.1) is 0 Å². The Kier molecular flexibility index (Phi) is 5.92. The molecular weight excluding hydrogens is 320 g/mol. The zero-order valence-corrected chi connectivity index (χ0v) is 13.7. The summed E-state index contributed by atoms with van der Waals surface area (Å²) >= 11 is 5.89. The average molecular weight is 339 g/mol. The predicted octanol–water partition coefficient (Wildman–Crippen LogP) is 0.546.